The molecule has 0 bridgehead atoms. The van der Waals surface area contributed by atoms with Gasteiger partial charge in [0.25, 0.3) is 0 Å². The minimum atomic E-state index is -1.87. The molecule has 0 amide bonds. The van der Waals surface area contributed by atoms with Crippen LogP contribution in [0, 0.1) is 0 Å². The van der Waals surface area contributed by atoms with Crippen LogP contribution in [0.1, 0.15) is 6.92 Å². The lowest BCUT2D eigenvalue weighted by molar-refractivity contribution is -0.354. The van der Waals surface area contributed by atoms with E-state index in [2.05, 4.69) is 0 Å². The van der Waals surface area contributed by atoms with Crippen molar-refractivity contribution in [1.29, 1.82) is 0 Å². The molecule has 228 valence electrons. The second kappa shape index (κ2) is 11.6. The molecule has 0 spiro atoms. The van der Waals surface area contributed by atoms with Crippen molar-refractivity contribution >= 4 is 11.0 Å². The van der Waals surface area contributed by atoms with Crippen molar-refractivity contribution < 1.29 is 69.3 Å². The minimum Gasteiger partial charge on any atom is -0.508 e. The van der Waals surface area contributed by atoms with Crippen LogP contribution in [-0.2, 0) is 14.2 Å². The number of hydrogen-bond acceptors (Lipinski definition) is 15. The van der Waals surface area contributed by atoms with Crippen molar-refractivity contribution in [2.45, 2.75) is 68.3 Å². The van der Waals surface area contributed by atoms with Crippen molar-refractivity contribution in [3.8, 4) is 34.3 Å². The van der Waals surface area contributed by atoms with E-state index in [-0.39, 0.29) is 22.7 Å². The Bertz CT molecular complexity index is 1470. The first-order valence-electron chi connectivity index (χ1n) is 12.9. The van der Waals surface area contributed by atoms with Gasteiger partial charge >= 0.3 is 0 Å². The van der Waals surface area contributed by atoms with Gasteiger partial charge in [0.1, 0.15) is 64.8 Å². The van der Waals surface area contributed by atoms with Crippen molar-refractivity contribution in [1.82, 2.24) is 0 Å². The van der Waals surface area contributed by atoms with Crippen molar-refractivity contribution in [2.75, 3.05) is 6.61 Å². The first-order chi connectivity index (χ1) is 19.9. The molecule has 5 rings (SSSR count). The maximum atomic E-state index is 13.7. The predicted molar refractivity (Wildman–Crippen MR) is 139 cm³/mol. The normalized spacial score (nSPS) is 33.5. The first kappa shape index (κ1) is 30.0. The molecule has 10 atom stereocenters. The van der Waals surface area contributed by atoms with Crippen LogP contribution in [0.4, 0.5) is 0 Å². The summed E-state index contributed by atoms with van der Waals surface area (Å²) < 4.78 is 28.5. The Morgan fingerprint density at radius 1 is 0.810 bits per heavy atom. The van der Waals surface area contributed by atoms with Crippen LogP contribution in [0.2, 0.25) is 0 Å². The fourth-order valence-corrected chi connectivity index (χ4v) is 4.87. The van der Waals surface area contributed by atoms with Gasteiger partial charge in [-0.05, 0) is 31.2 Å². The molecular formula is C27H30O15. The van der Waals surface area contributed by atoms with E-state index >= 15 is 0 Å². The standard InChI is InChI=1S/C27H30O15/c1-9-17(32)20(35)22(37)26(38-9)42-25-21(36)18(33)15(8-28)40-27(25)41-24-19(34)16-13(31)6-12(30)7-14(16)39-23(24)10-2-4-11(29)5-3-10/h2-7,9,15,17-18,20-22,25-33,35-37H,8H2,1H3/t9-,15+,17-,18+,20+,21-,22+,25+,26-,27?/m0/s1. The average molecular weight is 595 g/mol. The Morgan fingerprint density at radius 3 is 2.17 bits per heavy atom. The second-order valence-corrected chi connectivity index (χ2v) is 10.1. The summed E-state index contributed by atoms with van der Waals surface area (Å²) in [4.78, 5) is 13.7. The molecule has 1 unspecified atom stereocenters. The van der Waals surface area contributed by atoms with Gasteiger partial charge in [-0.2, -0.15) is 0 Å². The van der Waals surface area contributed by atoms with Crippen LogP contribution in [-0.4, -0.2) is 114 Å². The summed E-state index contributed by atoms with van der Waals surface area (Å²) in [7, 11) is 0. The number of phenols is 3. The third kappa shape index (κ3) is 5.37. The molecule has 3 aromatic rings. The van der Waals surface area contributed by atoms with E-state index in [4.69, 9.17) is 23.4 Å². The van der Waals surface area contributed by atoms with E-state index in [1.807, 2.05) is 0 Å². The van der Waals surface area contributed by atoms with Gasteiger partial charge in [-0.3, -0.25) is 4.79 Å². The van der Waals surface area contributed by atoms with Crippen molar-refractivity contribution in [3.05, 3.63) is 46.6 Å². The number of aromatic hydroxyl groups is 3. The van der Waals surface area contributed by atoms with Gasteiger partial charge in [-0.1, -0.05) is 0 Å². The van der Waals surface area contributed by atoms with E-state index in [0.29, 0.717) is 0 Å². The van der Waals surface area contributed by atoms with Crippen LogP contribution >= 0.6 is 0 Å². The number of ether oxygens (including phenoxy) is 4. The van der Waals surface area contributed by atoms with E-state index in [1.165, 1.54) is 31.2 Å². The van der Waals surface area contributed by atoms with E-state index in [1.54, 1.807) is 0 Å². The molecule has 2 fully saturated rings. The molecule has 2 aliphatic heterocycles. The Labute approximate surface area is 236 Å². The Hall–Kier alpha value is -3.51. The van der Waals surface area contributed by atoms with Crippen LogP contribution < -0.4 is 10.2 Å². The summed E-state index contributed by atoms with van der Waals surface area (Å²) in [5.74, 6) is -2.03. The number of aliphatic hydroxyl groups is 6. The summed E-state index contributed by atoms with van der Waals surface area (Å²) in [5.41, 5.74) is -0.995. The smallest absolute Gasteiger partial charge is 0.239 e. The lowest BCUT2D eigenvalue weighted by atomic mass is 9.97. The monoisotopic (exact) mass is 594 g/mol. The summed E-state index contributed by atoms with van der Waals surface area (Å²) in [5, 5.41) is 91.6. The minimum absolute atomic E-state index is 0.112. The zero-order valence-corrected chi connectivity index (χ0v) is 21.9. The molecular weight excluding hydrogens is 564 g/mol. The van der Waals surface area contributed by atoms with Gasteiger partial charge < -0.3 is 69.3 Å². The SMILES string of the molecule is C[C@@H]1O[C@@H](O[C@H]2C(Oc3c(-c4ccc(O)cc4)oc4cc(O)cc(O)c4c3=O)O[C@H](CO)[C@@H](O)[C@@H]2O)[C@H](O)[C@H](O)[C@H]1O. The average Bonchev–Trinajstić information content (AvgIpc) is 2.95. The molecule has 42 heavy (non-hydrogen) atoms. The Balaban J connectivity index is 1.60. The zero-order chi connectivity index (χ0) is 30.5. The third-order valence-corrected chi connectivity index (χ3v) is 7.21. The molecule has 0 radical (unpaired) electrons. The lowest BCUT2D eigenvalue weighted by Gasteiger charge is -2.45. The molecule has 15 nitrogen and oxygen atoms in total. The molecule has 0 saturated carbocycles. The van der Waals surface area contributed by atoms with E-state index in [0.717, 1.165) is 12.1 Å². The van der Waals surface area contributed by atoms with Gasteiger partial charge in [-0.25, -0.2) is 0 Å². The topological polar surface area (TPSA) is 249 Å². The molecule has 0 aliphatic carbocycles. The van der Waals surface area contributed by atoms with Crippen LogP contribution in [0.3, 0.4) is 0 Å². The molecule has 9 N–H and O–H groups in total. The van der Waals surface area contributed by atoms with Gasteiger partial charge in [0, 0.05) is 17.7 Å². The number of hydrogen-bond donors (Lipinski definition) is 9. The fourth-order valence-electron chi connectivity index (χ4n) is 4.87. The highest BCUT2D eigenvalue weighted by molar-refractivity contribution is 5.88. The van der Waals surface area contributed by atoms with Crippen LogP contribution in [0.15, 0.2) is 45.6 Å². The van der Waals surface area contributed by atoms with Crippen molar-refractivity contribution in [2.24, 2.45) is 0 Å². The summed E-state index contributed by atoms with van der Waals surface area (Å²) >= 11 is 0. The molecule has 2 aromatic carbocycles. The summed E-state index contributed by atoms with van der Waals surface area (Å²) in [6.45, 7) is 0.593. The van der Waals surface area contributed by atoms with Crippen molar-refractivity contribution in [3.63, 3.8) is 0 Å². The highest BCUT2D eigenvalue weighted by Crippen LogP contribution is 2.38. The predicted octanol–water partition coefficient (Wildman–Crippen LogP) is -1.39. The number of fused-ring (bicyclic) bond motifs is 1. The molecule has 2 saturated heterocycles. The maximum absolute atomic E-state index is 13.7. The van der Waals surface area contributed by atoms with Gasteiger partial charge in [0.15, 0.2) is 18.2 Å². The number of rotatable bonds is 6. The maximum Gasteiger partial charge on any atom is 0.239 e. The van der Waals surface area contributed by atoms with Crippen LogP contribution in [0.25, 0.3) is 22.3 Å². The number of aliphatic hydroxyl groups excluding tert-OH is 6. The number of benzene rings is 2. The molecule has 15 heteroatoms. The number of phenolic OH excluding ortho intramolecular Hbond substituents is 3. The largest absolute Gasteiger partial charge is 0.508 e. The van der Waals surface area contributed by atoms with Gasteiger partial charge in [0.05, 0.1) is 12.7 Å². The third-order valence-electron chi connectivity index (χ3n) is 7.21. The summed E-state index contributed by atoms with van der Waals surface area (Å²) in [6, 6.07) is 7.31. The molecule has 2 aliphatic rings. The Morgan fingerprint density at radius 2 is 1.50 bits per heavy atom. The van der Waals surface area contributed by atoms with Gasteiger partial charge in [-0.15, -0.1) is 0 Å². The second-order valence-electron chi connectivity index (χ2n) is 10.1. The lowest BCUT2D eigenvalue weighted by Crippen LogP contribution is -2.64. The van der Waals surface area contributed by atoms with E-state index < -0.39 is 96.1 Å². The Kier molecular flexibility index (Phi) is 8.30. The van der Waals surface area contributed by atoms with Crippen LogP contribution in [0.5, 0.6) is 23.0 Å². The first-order valence-corrected chi connectivity index (χ1v) is 12.9. The highest BCUT2D eigenvalue weighted by atomic mass is 16.8. The molecule has 1 aromatic heterocycles. The molecule has 3 heterocycles. The zero-order valence-electron chi connectivity index (χ0n) is 21.9. The fraction of sp³-hybridized carbons (Fsp3) is 0.444. The van der Waals surface area contributed by atoms with E-state index in [9.17, 15) is 50.8 Å². The highest BCUT2D eigenvalue weighted by Gasteiger charge is 2.51. The quantitative estimate of drug-likeness (QED) is 0.159. The van der Waals surface area contributed by atoms with Gasteiger partial charge in [0.2, 0.25) is 17.5 Å². The summed E-state index contributed by atoms with van der Waals surface area (Å²) in [6.07, 6.45) is -16.3.